The summed E-state index contributed by atoms with van der Waals surface area (Å²) in [5.41, 5.74) is 0. The van der Waals surface area contributed by atoms with Crippen LogP contribution in [0.2, 0.25) is 10.0 Å². The average Bonchev–Trinajstić information content (AvgIpc) is 2.23. The fourth-order valence-electron chi connectivity index (χ4n) is 1.30. The van der Waals surface area contributed by atoms with E-state index in [-0.39, 0.29) is 0 Å². The van der Waals surface area contributed by atoms with Gasteiger partial charge in [-0.15, -0.1) is 0 Å². The Hall–Kier alpha value is -0.400. The molecule has 1 aromatic rings. The van der Waals surface area contributed by atoms with Gasteiger partial charge in [0.2, 0.25) is 0 Å². The summed E-state index contributed by atoms with van der Waals surface area (Å²) < 4.78 is 5.55. The Morgan fingerprint density at radius 1 is 1.13 bits per heavy atom. The molecule has 1 nitrogen and oxygen atoms in total. The first kappa shape index (κ1) is 12.7. The minimum atomic E-state index is 0.620. The van der Waals surface area contributed by atoms with Crippen LogP contribution in [-0.2, 0) is 0 Å². The van der Waals surface area contributed by atoms with Gasteiger partial charge in [-0.2, -0.15) is 0 Å². The summed E-state index contributed by atoms with van der Waals surface area (Å²) in [6, 6.07) is 5.27. The van der Waals surface area contributed by atoms with Gasteiger partial charge in [-0.25, -0.2) is 0 Å². The number of hydrogen-bond acceptors (Lipinski definition) is 1. The minimum absolute atomic E-state index is 0.620. The van der Waals surface area contributed by atoms with Crippen LogP contribution in [0.15, 0.2) is 18.2 Å². The molecule has 0 amide bonds. The van der Waals surface area contributed by atoms with Gasteiger partial charge in [0.05, 0.1) is 11.6 Å². The zero-order valence-corrected chi connectivity index (χ0v) is 10.4. The highest BCUT2D eigenvalue weighted by Crippen LogP contribution is 2.27. The van der Waals surface area contributed by atoms with Gasteiger partial charge in [0.15, 0.2) is 0 Å². The second kappa shape index (κ2) is 6.97. The van der Waals surface area contributed by atoms with E-state index in [1.54, 1.807) is 18.2 Å². The maximum atomic E-state index is 5.95. The monoisotopic (exact) mass is 246 g/mol. The number of rotatable bonds is 6. The van der Waals surface area contributed by atoms with Crippen molar-refractivity contribution >= 4 is 23.2 Å². The lowest BCUT2D eigenvalue weighted by atomic mass is 10.2. The van der Waals surface area contributed by atoms with E-state index in [0.29, 0.717) is 22.4 Å². The van der Waals surface area contributed by atoms with Crippen molar-refractivity contribution in [1.29, 1.82) is 0 Å². The van der Waals surface area contributed by atoms with Crippen LogP contribution in [0.5, 0.6) is 5.75 Å². The maximum Gasteiger partial charge on any atom is 0.139 e. The van der Waals surface area contributed by atoms with Crippen molar-refractivity contribution in [1.82, 2.24) is 0 Å². The molecule has 15 heavy (non-hydrogen) atoms. The Labute approximate surface area is 101 Å². The predicted octanol–water partition coefficient (Wildman–Crippen LogP) is 4.95. The third-order valence-electron chi connectivity index (χ3n) is 2.15. The van der Waals surface area contributed by atoms with Crippen molar-refractivity contribution in [3.8, 4) is 5.75 Å². The molecule has 0 bridgehead atoms. The largest absolute Gasteiger partial charge is 0.492 e. The molecule has 0 heterocycles. The zero-order chi connectivity index (χ0) is 11.1. The van der Waals surface area contributed by atoms with Crippen LogP contribution in [0.4, 0.5) is 0 Å². The summed E-state index contributed by atoms with van der Waals surface area (Å²) in [5, 5.41) is 1.28. The van der Waals surface area contributed by atoms with E-state index in [1.807, 2.05) is 0 Å². The van der Waals surface area contributed by atoms with Crippen molar-refractivity contribution in [2.75, 3.05) is 6.61 Å². The summed E-state index contributed by atoms with van der Waals surface area (Å²) in [6.45, 7) is 2.90. The lowest BCUT2D eigenvalue weighted by molar-refractivity contribution is 0.305. The standard InChI is InChI=1S/C12H16Cl2O/c1-2-3-4-5-8-15-12-9-10(13)6-7-11(12)14/h6-7,9H,2-5,8H2,1H3. The van der Waals surface area contributed by atoms with Crippen LogP contribution in [0.3, 0.4) is 0 Å². The summed E-state index contributed by atoms with van der Waals surface area (Å²) in [5.74, 6) is 0.681. The van der Waals surface area contributed by atoms with E-state index < -0.39 is 0 Å². The third kappa shape index (κ3) is 4.76. The van der Waals surface area contributed by atoms with Crippen LogP contribution < -0.4 is 4.74 Å². The van der Waals surface area contributed by atoms with Crippen molar-refractivity contribution in [3.63, 3.8) is 0 Å². The van der Waals surface area contributed by atoms with Crippen molar-refractivity contribution < 1.29 is 4.74 Å². The highest BCUT2D eigenvalue weighted by Gasteiger charge is 2.01. The van der Waals surface area contributed by atoms with Crippen LogP contribution in [-0.4, -0.2) is 6.61 Å². The van der Waals surface area contributed by atoms with Crippen molar-refractivity contribution in [2.24, 2.45) is 0 Å². The van der Waals surface area contributed by atoms with Gasteiger partial charge in [0.25, 0.3) is 0 Å². The summed E-state index contributed by atoms with van der Waals surface area (Å²) in [7, 11) is 0. The first-order chi connectivity index (χ1) is 7.24. The van der Waals surface area contributed by atoms with Gasteiger partial charge in [-0.3, -0.25) is 0 Å². The van der Waals surface area contributed by atoms with E-state index in [0.717, 1.165) is 6.42 Å². The highest BCUT2D eigenvalue weighted by atomic mass is 35.5. The van der Waals surface area contributed by atoms with Gasteiger partial charge >= 0.3 is 0 Å². The number of benzene rings is 1. The summed E-state index contributed by atoms with van der Waals surface area (Å²) >= 11 is 11.8. The van der Waals surface area contributed by atoms with E-state index in [1.165, 1.54) is 19.3 Å². The molecule has 1 rings (SSSR count). The topological polar surface area (TPSA) is 9.23 Å². The van der Waals surface area contributed by atoms with Crippen LogP contribution in [0.1, 0.15) is 32.6 Å². The van der Waals surface area contributed by atoms with Gasteiger partial charge < -0.3 is 4.74 Å². The molecule has 0 radical (unpaired) electrons. The van der Waals surface area contributed by atoms with Crippen LogP contribution in [0.25, 0.3) is 0 Å². The smallest absolute Gasteiger partial charge is 0.139 e. The predicted molar refractivity (Wildman–Crippen MR) is 66.1 cm³/mol. The lowest BCUT2D eigenvalue weighted by Crippen LogP contribution is -1.97. The number of ether oxygens (including phenoxy) is 1. The Kier molecular flexibility index (Phi) is 5.89. The fraction of sp³-hybridized carbons (Fsp3) is 0.500. The van der Waals surface area contributed by atoms with E-state index in [9.17, 15) is 0 Å². The molecule has 0 aromatic heterocycles. The molecule has 0 saturated carbocycles. The Morgan fingerprint density at radius 3 is 2.67 bits per heavy atom. The highest BCUT2D eigenvalue weighted by molar-refractivity contribution is 6.34. The molecule has 0 aliphatic rings. The summed E-state index contributed by atoms with van der Waals surface area (Å²) in [4.78, 5) is 0. The Bertz CT molecular complexity index is 300. The normalized spacial score (nSPS) is 10.3. The Morgan fingerprint density at radius 2 is 1.93 bits per heavy atom. The van der Waals surface area contributed by atoms with Crippen molar-refractivity contribution in [3.05, 3.63) is 28.2 Å². The maximum absolute atomic E-state index is 5.95. The molecule has 1 aromatic carbocycles. The molecule has 0 N–H and O–H groups in total. The zero-order valence-electron chi connectivity index (χ0n) is 8.93. The molecular formula is C12H16Cl2O. The number of hydrogen-bond donors (Lipinski definition) is 0. The van der Waals surface area contributed by atoms with Gasteiger partial charge in [-0.1, -0.05) is 49.4 Å². The average molecular weight is 247 g/mol. The van der Waals surface area contributed by atoms with Crippen molar-refractivity contribution in [2.45, 2.75) is 32.6 Å². The summed E-state index contributed by atoms with van der Waals surface area (Å²) in [6.07, 6.45) is 4.76. The molecule has 0 unspecified atom stereocenters. The quantitative estimate of drug-likeness (QED) is 0.646. The second-order valence-corrected chi connectivity index (χ2v) is 4.33. The number of halogens is 2. The van der Waals surface area contributed by atoms with Crippen LogP contribution in [0, 0.1) is 0 Å². The molecule has 0 aliphatic carbocycles. The van der Waals surface area contributed by atoms with Gasteiger partial charge in [-0.05, 0) is 18.6 Å². The lowest BCUT2D eigenvalue weighted by Gasteiger charge is -2.07. The Balaban J connectivity index is 2.33. The fourth-order valence-corrected chi connectivity index (χ4v) is 1.63. The SMILES string of the molecule is CCCCCCOc1cc(Cl)ccc1Cl. The van der Waals surface area contributed by atoms with E-state index in [4.69, 9.17) is 27.9 Å². The number of unbranched alkanes of at least 4 members (excludes halogenated alkanes) is 3. The first-order valence-corrected chi connectivity index (χ1v) is 6.07. The molecular weight excluding hydrogens is 231 g/mol. The molecule has 0 saturated heterocycles. The van der Waals surface area contributed by atoms with Crippen LogP contribution >= 0.6 is 23.2 Å². The molecule has 0 fully saturated rings. The molecule has 3 heteroatoms. The van der Waals surface area contributed by atoms with E-state index in [2.05, 4.69) is 6.92 Å². The van der Waals surface area contributed by atoms with Gasteiger partial charge in [0.1, 0.15) is 5.75 Å². The molecule has 0 atom stereocenters. The third-order valence-corrected chi connectivity index (χ3v) is 2.70. The second-order valence-electron chi connectivity index (χ2n) is 3.48. The first-order valence-electron chi connectivity index (χ1n) is 5.32. The minimum Gasteiger partial charge on any atom is -0.492 e. The van der Waals surface area contributed by atoms with E-state index >= 15 is 0 Å². The molecule has 0 aliphatic heterocycles. The molecule has 84 valence electrons. The molecule has 0 spiro atoms. The van der Waals surface area contributed by atoms with Gasteiger partial charge in [0, 0.05) is 11.1 Å².